The smallest absolute Gasteiger partial charge is 0.385 e. The Morgan fingerprint density at radius 3 is 2.31 bits per heavy atom. The summed E-state index contributed by atoms with van der Waals surface area (Å²) in [5.41, 5.74) is -1.22. The Balaban J connectivity index is 1.63. The molecule has 2 aromatic rings. The van der Waals surface area contributed by atoms with E-state index in [2.05, 4.69) is 17.0 Å². The zero-order valence-electron chi connectivity index (χ0n) is 16.0. The molecule has 2 heterocycles. The summed E-state index contributed by atoms with van der Waals surface area (Å²) in [6.45, 7) is 0.785. The third-order valence-corrected chi connectivity index (χ3v) is 6.35. The lowest BCUT2D eigenvalue weighted by Crippen LogP contribution is -2.56. The van der Waals surface area contributed by atoms with Crippen LogP contribution in [0.2, 0.25) is 0 Å². The van der Waals surface area contributed by atoms with Crippen LogP contribution in [0, 0.1) is 11.3 Å². The molecular formula is C23H23F3N2O. The zero-order valence-corrected chi connectivity index (χ0v) is 16.0. The van der Waals surface area contributed by atoms with Crippen molar-refractivity contribution in [3.05, 3.63) is 70.8 Å². The fourth-order valence-corrected chi connectivity index (χ4v) is 4.97. The maximum Gasteiger partial charge on any atom is 0.417 e. The number of alkyl halides is 3. The fourth-order valence-electron chi connectivity index (χ4n) is 4.97. The van der Waals surface area contributed by atoms with Gasteiger partial charge in [0, 0.05) is 18.6 Å². The average molecular weight is 400 g/mol. The van der Waals surface area contributed by atoms with E-state index in [1.54, 1.807) is 6.07 Å². The van der Waals surface area contributed by atoms with Crippen molar-refractivity contribution in [3.8, 4) is 6.07 Å². The van der Waals surface area contributed by atoms with Gasteiger partial charge in [0.25, 0.3) is 0 Å². The quantitative estimate of drug-likeness (QED) is 0.790. The van der Waals surface area contributed by atoms with Crippen molar-refractivity contribution >= 4 is 0 Å². The van der Waals surface area contributed by atoms with Crippen LogP contribution in [0.5, 0.6) is 0 Å². The van der Waals surface area contributed by atoms with E-state index in [1.165, 1.54) is 17.7 Å². The first-order valence-corrected chi connectivity index (χ1v) is 9.94. The second kappa shape index (κ2) is 7.47. The van der Waals surface area contributed by atoms with Gasteiger partial charge in [0.2, 0.25) is 0 Å². The number of rotatable bonds is 3. The minimum Gasteiger partial charge on any atom is -0.385 e. The molecule has 0 aliphatic carbocycles. The molecule has 6 heteroatoms. The molecule has 2 aromatic carbocycles. The normalized spacial score (nSPS) is 27.4. The average Bonchev–Trinajstić information content (AvgIpc) is 2.68. The Labute approximate surface area is 168 Å². The SMILES string of the molecule is N#Cc1ccc(C2(O)CC3CCCC(C2)N3Cc2ccccc2)cc1C(F)(F)F. The lowest BCUT2D eigenvalue weighted by molar-refractivity contribution is -0.138. The van der Waals surface area contributed by atoms with Gasteiger partial charge in [-0.1, -0.05) is 42.8 Å². The Morgan fingerprint density at radius 1 is 1.07 bits per heavy atom. The maximum atomic E-state index is 13.4. The largest absolute Gasteiger partial charge is 0.417 e. The standard InChI is InChI=1S/C23H23F3N2O/c24-23(25,26)21-11-18(10-9-17(21)14-27)22(29)12-19-7-4-8-20(13-22)28(19)15-16-5-2-1-3-6-16/h1-3,5-6,9-11,19-20,29H,4,7-8,12-13,15H2. The van der Waals surface area contributed by atoms with Gasteiger partial charge in [-0.25, -0.2) is 0 Å². The summed E-state index contributed by atoms with van der Waals surface area (Å²) in [5, 5.41) is 20.4. The molecule has 2 saturated heterocycles. The second-order valence-corrected chi connectivity index (χ2v) is 8.21. The first kappa shape index (κ1) is 19.9. The molecule has 4 rings (SSSR count). The first-order chi connectivity index (χ1) is 13.8. The topological polar surface area (TPSA) is 47.3 Å². The van der Waals surface area contributed by atoms with E-state index in [0.29, 0.717) is 12.8 Å². The molecular weight excluding hydrogens is 377 g/mol. The molecule has 152 valence electrons. The van der Waals surface area contributed by atoms with Crippen molar-refractivity contribution in [2.24, 2.45) is 0 Å². The summed E-state index contributed by atoms with van der Waals surface area (Å²) in [6, 6.07) is 15.6. The van der Waals surface area contributed by atoms with Crippen molar-refractivity contribution in [3.63, 3.8) is 0 Å². The molecule has 2 aliphatic heterocycles. The number of hydrogen-bond acceptors (Lipinski definition) is 3. The molecule has 3 nitrogen and oxygen atoms in total. The van der Waals surface area contributed by atoms with E-state index in [0.717, 1.165) is 31.9 Å². The molecule has 2 aliphatic rings. The van der Waals surface area contributed by atoms with E-state index in [4.69, 9.17) is 5.26 Å². The van der Waals surface area contributed by atoms with Crippen LogP contribution >= 0.6 is 0 Å². The van der Waals surface area contributed by atoms with E-state index in [1.807, 2.05) is 18.2 Å². The van der Waals surface area contributed by atoms with Crippen molar-refractivity contribution in [1.29, 1.82) is 5.26 Å². The molecule has 2 unspecified atom stereocenters. The predicted octanol–water partition coefficient (Wildman–Crippen LogP) is 4.98. The predicted molar refractivity (Wildman–Crippen MR) is 103 cm³/mol. The Hall–Kier alpha value is -2.36. The monoisotopic (exact) mass is 400 g/mol. The van der Waals surface area contributed by atoms with Gasteiger partial charge in [0.05, 0.1) is 22.8 Å². The number of benzene rings is 2. The summed E-state index contributed by atoms with van der Waals surface area (Å²) in [5.74, 6) is 0. The lowest BCUT2D eigenvalue weighted by atomic mass is 9.72. The third kappa shape index (κ3) is 3.90. The molecule has 1 N–H and O–H groups in total. The highest BCUT2D eigenvalue weighted by Crippen LogP contribution is 2.46. The minimum absolute atomic E-state index is 0.123. The van der Waals surface area contributed by atoms with Crippen molar-refractivity contribution in [2.75, 3.05) is 0 Å². The van der Waals surface area contributed by atoms with Crippen molar-refractivity contribution in [1.82, 2.24) is 4.90 Å². The number of aliphatic hydroxyl groups is 1. The van der Waals surface area contributed by atoms with Crippen LogP contribution in [0.4, 0.5) is 13.2 Å². The third-order valence-electron chi connectivity index (χ3n) is 6.35. The molecule has 0 spiro atoms. The number of piperidine rings is 2. The van der Waals surface area contributed by atoms with Gasteiger partial charge < -0.3 is 5.11 Å². The molecule has 2 fully saturated rings. The highest BCUT2D eigenvalue weighted by molar-refractivity contribution is 5.44. The molecule has 2 bridgehead atoms. The van der Waals surface area contributed by atoms with Gasteiger partial charge in [-0.3, -0.25) is 4.90 Å². The van der Waals surface area contributed by atoms with Gasteiger partial charge in [-0.05, 0) is 48.9 Å². The van der Waals surface area contributed by atoms with Crippen LogP contribution in [0.3, 0.4) is 0 Å². The summed E-state index contributed by atoms with van der Waals surface area (Å²) < 4.78 is 40.2. The Kier molecular flexibility index (Phi) is 5.14. The molecule has 2 atom stereocenters. The van der Waals surface area contributed by atoms with Crippen LogP contribution in [0.1, 0.15) is 54.4 Å². The van der Waals surface area contributed by atoms with Crippen LogP contribution in [-0.4, -0.2) is 22.1 Å². The number of nitrogens with zero attached hydrogens (tertiary/aromatic N) is 2. The van der Waals surface area contributed by atoms with Crippen LogP contribution in [0.25, 0.3) is 0 Å². The van der Waals surface area contributed by atoms with Gasteiger partial charge in [0.15, 0.2) is 0 Å². The lowest BCUT2D eigenvalue weighted by Gasteiger charge is -2.52. The Morgan fingerprint density at radius 2 is 1.72 bits per heavy atom. The molecule has 29 heavy (non-hydrogen) atoms. The van der Waals surface area contributed by atoms with E-state index >= 15 is 0 Å². The molecule has 0 saturated carbocycles. The number of halogens is 3. The van der Waals surface area contributed by atoms with E-state index in [-0.39, 0.29) is 17.6 Å². The fraction of sp³-hybridized carbons (Fsp3) is 0.435. The van der Waals surface area contributed by atoms with E-state index in [9.17, 15) is 18.3 Å². The summed E-state index contributed by atoms with van der Waals surface area (Å²) in [4.78, 5) is 2.40. The van der Waals surface area contributed by atoms with Gasteiger partial charge >= 0.3 is 6.18 Å². The summed E-state index contributed by atoms with van der Waals surface area (Å²) in [6.07, 6.45) is -0.902. The van der Waals surface area contributed by atoms with Crippen molar-refractivity contribution in [2.45, 2.75) is 62.5 Å². The van der Waals surface area contributed by atoms with Gasteiger partial charge in [-0.2, -0.15) is 18.4 Å². The van der Waals surface area contributed by atoms with Gasteiger partial charge in [-0.15, -0.1) is 0 Å². The highest BCUT2D eigenvalue weighted by Gasteiger charge is 2.47. The number of nitriles is 1. The van der Waals surface area contributed by atoms with Crippen molar-refractivity contribution < 1.29 is 18.3 Å². The van der Waals surface area contributed by atoms with E-state index < -0.39 is 22.9 Å². The zero-order chi connectivity index (χ0) is 20.6. The number of hydrogen-bond donors (Lipinski definition) is 1. The second-order valence-electron chi connectivity index (χ2n) is 8.21. The Bertz CT molecular complexity index is 906. The maximum absolute atomic E-state index is 13.4. The van der Waals surface area contributed by atoms with Crippen LogP contribution in [-0.2, 0) is 18.3 Å². The highest BCUT2D eigenvalue weighted by atomic mass is 19.4. The first-order valence-electron chi connectivity index (χ1n) is 9.94. The molecule has 0 radical (unpaired) electrons. The minimum atomic E-state index is -4.62. The molecule has 0 aromatic heterocycles. The molecule has 0 amide bonds. The van der Waals surface area contributed by atoms with Crippen LogP contribution < -0.4 is 0 Å². The number of fused-ring (bicyclic) bond motifs is 2. The van der Waals surface area contributed by atoms with Gasteiger partial charge in [0.1, 0.15) is 0 Å². The summed E-state index contributed by atoms with van der Waals surface area (Å²) in [7, 11) is 0. The van der Waals surface area contributed by atoms with Crippen LogP contribution in [0.15, 0.2) is 48.5 Å². The summed E-state index contributed by atoms with van der Waals surface area (Å²) >= 11 is 0.